The molecule has 0 aliphatic rings. The van der Waals surface area contributed by atoms with Crippen molar-refractivity contribution in [3.8, 4) is 17.1 Å². The third-order valence-electron chi connectivity index (χ3n) is 2.69. The first-order valence-corrected chi connectivity index (χ1v) is 7.76. The minimum atomic E-state index is -3.92. The van der Waals surface area contributed by atoms with E-state index >= 15 is 0 Å². The van der Waals surface area contributed by atoms with E-state index in [4.69, 9.17) is 9.29 Å². The van der Waals surface area contributed by atoms with Gasteiger partial charge in [0.2, 0.25) is 5.88 Å². The standard InChI is InChI=1S/C12H14N4O4S/c1-20-12-9-13-11(8-14-12)10-3-5-16(15-7-10)4-2-6-21(17,18)19/h3,5,7-9H,2,4,6H2,1H3/p+1. The molecule has 0 radical (unpaired) electrons. The first kappa shape index (κ1) is 15.3. The Morgan fingerprint density at radius 2 is 2.10 bits per heavy atom. The SMILES string of the molecule is COc1cnc(-c2cc[n+](CCCS(=O)(=O)O)nc2)cn1. The number of ether oxygens (including phenoxy) is 1. The van der Waals surface area contributed by atoms with E-state index in [9.17, 15) is 8.42 Å². The Morgan fingerprint density at radius 3 is 2.62 bits per heavy atom. The third-order valence-corrected chi connectivity index (χ3v) is 3.50. The molecule has 0 amide bonds. The Morgan fingerprint density at radius 1 is 1.29 bits per heavy atom. The summed E-state index contributed by atoms with van der Waals surface area (Å²) in [5.74, 6) is 0.149. The Labute approximate surface area is 122 Å². The average molecular weight is 311 g/mol. The van der Waals surface area contributed by atoms with Gasteiger partial charge in [-0.1, -0.05) is 4.68 Å². The zero-order valence-electron chi connectivity index (χ0n) is 11.4. The lowest BCUT2D eigenvalue weighted by Crippen LogP contribution is -2.38. The van der Waals surface area contributed by atoms with Gasteiger partial charge in [-0.2, -0.15) is 8.42 Å². The van der Waals surface area contributed by atoms with Crippen molar-refractivity contribution in [2.45, 2.75) is 13.0 Å². The molecule has 2 aromatic heterocycles. The molecule has 0 aliphatic carbocycles. The van der Waals surface area contributed by atoms with Crippen molar-refractivity contribution in [2.24, 2.45) is 0 Å². The van der Waals surface area contributed by atoms with Crippen LogP contribution in [0.3, 0.4) is 0 Å². The molecule has 9 heteroatoms. The summed E-state index contributed by atoms with van der Waals surface area (Å²) >= 11 is 0. The van der Waals surface area contributed by atoms with E-state index < -0.39 is 10.1 Å². The van der Waals surface area contributed by atoms with Crippen LogP contribution >= 0.6 is 0 Å². The number of aromatic nitrogens is 4. The summed E-state index contributed by atoms with van der Waals surface area (Å²) in [6, 6.07) is 1.80. The second-order valence-electron chi connectivity index (χ2n) is 4.26. The van der Waals surface area contributed by atoms with Crippen molar-refractivity contribution < 1.29 is 22.4 Å². The highest BCUT2D eigenvalue weighted by Gasteiger charge is 2.09. The van der Waals surface area contributed by atoms with Crippen LogP contribution in [-0.4, -0.2) is 40.9 Å². The van der Waals surface area contributed by atoms with Crippen molar-refractivity contribution in [1.29, 1.82) is 0 Å². The fourth-order valence-electron chi connectivity index (χ4n) is 1.65. The lowest BCUT2D eigenvalue weighted by atomic mass is 10.2. The number of rotatable bonds is 6. The molecule has 0 spiro atoms. The fraction of sp³-hybridized carbons (Fsp3) is 0.333. The van der Waals surface area contributed by atoms with Gasteiger partial charge in [-0.15, -0.1) is 0 Å². The van der Waals surface area contributed by atoms with Gasteiger partial charge in [0, 0.05) is 18.1 Å². The fourth-order valence-corrected chi connectivity index (χ4v) is 2.14. The molecule has 0 bridgehead atoms. The molecule has 1 N–H and O–H groups in total. The summed E-state index contributed by atoms with van der Waals surface area (Å²) in [7, 11) is -2.41. The molecule has 0 aromatic carbocycles. The monoisotopic (exact) mass is 311 g/mol. The molecule has 0 saturated heterocycles. The van der Waals surface area contributed by atoms with Gasteiger partial charge in [0.1, 0.15) is 6.20 Å². The minimum Gasteiger partial charge on any atom is -0.480 e. The van der Waals surface area contributed by atoms with Crippen LogP contribution in [0.2, 0.25) is 0 Å². The molecule has 0 unspecified atom stereocenters. The first-order chi connectivity index (χ1) is 9.98. The predicted molar refractivity (Wildman–Crippen MR) is 73.0 cm³/mol. The van der Waals surface area contributed by atoms with Crippen LogP contribution in [0.5, 0.6) is 5.88 Å². The Bertz CT molecular complexity index is 686. The maximum atomic E-state index is 10.6. The second-order valence-corrected chi connectivity index (χ2v) is 5.83. The Hall–Kier alpha value is -2.13. The van der Waals surface area contributed by atoms with Crippen LogP contribution in [0.1, 0.15) is 6.42 Å². The van der Waals surface area contributed by atoms with E-state index in [2.05, 4.69) is 15.1 Å². The van der Waals surface area contributed by atoms with Crippen molar-refractivity contribution in [3.63, 3.8) is 0 Å². The van der Waals surface area contributed by atoms with Crippen molar-refractivity contribution in [3.05, 3.63) is 30.9 Å². The van der Waals surface area contributed by atoms with Gasteiger partial charge >= 0.3 is 0 Å². The number of hydrogen-bond acceptors (Lipinski definition) is 6. The molecular weight excluding hydrogens is 296 g/mol. The number of aryl methyl sites for hydroxylation is 1. The van der Waals surface area contributed by atoms with Gasteiger partial charge in [-0.05, 0) is 5.10 Å². The normalized spacial score (nSPS) is 11.3. The van der Waals surface area contributed by atoms with Crippen LogP contribution in [0.4, 0.5) is 0 Å². The van der Waals surface area contributed by atoms with Gasteiger partial charge < -0.3 is 4.74 Å². The Balaban J connectivity index is 2.01. The molecule has 2 aromatic rings. The maximum Gasteiger partial charge on any atom is 0.265 e. The van der Waals surface area contributed by atoms with Crippen LogP contribution < -0.4 is 9.42 Å². The first-order valence-electron chi connectivity index (χ1n) is 6.15. The number of nitrogens with zero attached hydrogens (tertiary/aromatic N) is 4. The molecule has 21 heavy (non-hydrogen) atoms. The highest BCUT2D eigenvalue weighted by atomic mass is 32.2. The van der Waals surface area contributed by atoms with Gasteiger partial charge in [0.25, 0.3) is 10.1 Å². The van der Waals surface area contributed by atoms with Gasteiger partial charge in [-0.25, -0.2) is 9.97 Å². The highest BCUT2D eigenvalue weighted by Crippen LogP contribution is 2.14. The topological polar surface area (TPSA) is 106 Å². The average Bonchev–Trinajstić information content (AvgIpc) is 2.47. The molecule has 2 rings (SSSR count). The third kappa shape index (κ3) is 4.72. The Kier molecular flexibility index (Phi) is 4.76. The summed E-state index contributed by atoms with van der Waals surface area (Å²) in [6.45, 7) is 0.397. The molecule has 8 nitrogen and oxygen atoms in total. The predicted octanol–water partition coefficient (Wildman–Crippen LogP) is 0.113. The quantitative estimate of drug-likeness (QED) is 0.596. The molecule has 2 heterocycles. The lowest BCUT2D eigenvalue weighted by Gasteiger charge is -2.00. The zero-order valence-corrected chi connectivity index (χ0v) is 12.2. The van der Waals surface area contributed by atoms with E-state index in [0.29, 0.717) is 18.1 Å². The summed E-state index contributed by atoms with van der Waals surface area (Å²) < 4.78 is 36.4. The molecular formula is C12H15N4O4S+. The molecule has 112 valence electrons. The largest absolute Gasteiger partial charge is 0.480 e. The lowest BCUT2D eigenvalue weighted by molar-refractivity contribution is -0.753. The summed E-state index contributed by atoms with van der Waals surface area (Å²) in [6.07, 6.45) is 6.72. The van der Waals surface area contributed by atoms with E-state index in [0.717, 1.165) is 5.56 Å². The molecule has 0 atom stereocenters. The maximum absolute atomic E-state index is 10.6. The molecule has 0 saturated carbocycles. The number of methoxy groups -OCH3 is 1. The highest BCUT2D eigenvalue weighted by molar-refractivity contribution is 7.85. The number of hydrogen-bond donors (Lipinski definition) is 1. The molecule has 0 aliphatic heterocycles. The van der Waals surface area contributed by atoms with Crippen LogP contribution in [0.25, 0.3) is 11.3 Å². The van der Waals surface area contributed by atoms with Gasteiger partial charge in [0.05, 0.1) is 31.0 Å². The van der Waals surface area contributed by atoms with Gasteiger partial charge in [-0.3, -0.25) is 4.55 Å². The summed E-state index contributed by atoms with van der Waals surface area (Å²) in [4.78, 5) is 8.25. The summed E-state index contributed by atoms with van der Waals surface area (Å²) in [5.41, 5.74) is 1.45. The van der Waals surface area contributed by atoms with Crippen molar-refractivity contribution in [1.82, 2.24) is 15.1 Å². The van der Waals surface area contributed by atoms with Gasteiger partial charge in [0.15, 0.2) is 12.7 Å². The van der Waals surface area contributed by atoms with Crippen LogP contribution in [0.15, 0.2) is 30.9 Å². The van der Waals surface area contributed by atoms with E-state index in [1.807, 2.05) is 0 Å². The van der Waals surface area contributed by atoms with Crippen LogP contribution in [0, 0.1) is 0 Å². The van der Waals surface area contributed by atoms with E-state index in [1.54, 1.807) is 29.3 Å². The second kappa shape index (κ2) is 6.55. The smallest absolute Gasteiger partial charge is 0.265 e. The van der Waals surface area contributed by atoms with E-state index in [1.165, 1.54) is 13.3 Å². The zero-order chi connectivity index (χ0) is 15.3. The van der Waals surface area contributed by atoms with Crippen molar-refractivity contribution in [2.75, 3.05) is 12.9 Å². The summed E-state index contributed by atoms with van der Waals surface area (Å²) in [5, 5.41) is 4.16. The van der Waals surface area contributed by atoms with Crippen LogP contribution in [-0.2, 0) is 16.7 Å². The van der Waals surface area contributed by atoms with E-state index in [-0.39, 0.29) is 12.2 Å². The minimum absolute atomic E-state index is 0.284. The van der Waals surface area contributed by atoms with Crippen molar-refractivity contribution >= 4 is 10.1 Å². The molecule has 0 fully saturated rings.